The van der Waals surface area contributed by atoms with Gasteiger partial charge in [-0.05, 0) is 59.6 Å². The lowest BCUT2D eigenvalue weighted by Gasteiger charge is -2.28. The highest BCUT2D eigenvalue weighted by Crippen LogP contribution is 2.48. The molecule has 0 aliphatic carbocycles. The van der Waals surface area contributed by atoms with Crippen LogP contribution in [0.25, 0.3) is 0 Å². The van der Waals surface area contributed by atoms with E-state index in [1.165, 1.54) is 5.56 Å². The van der Waals surface area contributed by atoms with Crippen molar-refractivity contribution in [2.75, 3.05) is 6.54 Å². The van der Waals surface area contributed by atoms with E-state index < -0.39 is 0 Å². The fraction of sp³-hybridized carbons (Fsp3) is 0.400. The highest BCUT2D eigenvalue weighted by Gasteiger charge is 2.43. The average molecular weight is 432 g/mol. The number of aromatic nitrogens is 1. The quantitative estimate of drug-likeness (QED) is 0.664. The number of benzene rings is 1. The largest absolute Gasteiger partial charge is 0.490 e. The molecule has 0 radical (unpaired) electrons. The SMILES string of the molecule is CC(C)Oc1ccc([C@H]2[C@H](c3ccccn3)N=C3S[C@@H](C)CN32)cc1Br. The van der Waals surface area contributed by atoms with Gasteiger partial charge in [0.2, 0.25) is 0 Å². The van der Waals surface area contributed by atoms with Gasteiger partial charge >= 0.3 is 0 Å². The molecule has 136 valence electrons. The first kappa shape index (κ1) is 17.9. The number of amidine groups is 1. The summed E-state index contributed by atoms with van der Waals surface area (Å²) in [6, 6.07) is 12.6. The number of halogens is 1. The summed E-state index contributed by atoms with van der Waals surface area (Å²) in [5.41, 5.74) is 2.25. The molecule has 0 unspecified atom stereocenters. The van der Waals surface area contributed by atoms with Crippen molar-refractivity contribution in [3.63, 3.8) is 0 Å². The number of nitrogens with zero attached hydrogens (tertiary/aromatic N) is 3. The molecule has 4 nitrogen and oxygen atoms in total. The lowest BCUT2D eigenvalue weighted by atomic mass is 9.96. The molecule has 2 aliphatic heterocycles. The first-order valence-electron chi connectivity index (χ1n) is 8.91. The fourth-order valence-corrected chi connectivity index (χ4v) is 5.11. The zero-order valence-electron chi connectivity index (χ0n) is 15.1. The number of fused-ring (bicyclic) bond motifs is 1. The molecule has 26 heavy (non-hydrogen) atoms. The van der Waals surface area contributed by atoms with Crippen molar-refractivity contribution < 1.29 is 4.74 Å². The summed E-state index contributed by atoms with van der Waals surface area (Å²) >= 11 is 5.54. The second-order valence-corrected chi connectivity index (χ2v) is 9.25. The van der Waals surface area contributed by atoms with Crippen LogP contribution in [-0.4, -0.2) is 33.0 Å². The molecule has 4 rings (SSSR count). The number of hydrogen-bond acceptors (Lipinski definition) is 5. The summed E-state index contributed by atoms with van der Waals surface area (Å²) < 4.78 is 6.86. The molecule has 6 heteroatoms. The summed E-state index contributed by atoms with van der Waals surface area (Å²) in [6.45, 7) is 7.35. The number of rotatable bonds is 4. The number of thioether (sulfide) groups is 1. The van der Waals surface area contributed by atoms with Crippen LogP contribution in [0.2, 0.25) is 0 Å². The van der Waals surface area contributed by atoms with Crippen LogP contribution in [0.1, 0.15) is 44.1 Å². The summed E-state index contributed by atoms with van der Waals surface area (Å²) in [6.07, 6.45) is 2.00. The summed E-state index contributed by atoms with van der Waals surface area (Å²) in [5.74, 6) is 0.876. The Kier molecular flexibility index (Phi) is 4.97. The van der Waals surface area contributed by atoms with E-state index in [9.17, 15) is 0 Å². The van der Waals surface area contributed by atoms with E-state index in [4.69, 9.17) is 9.73 Å². The molecule has 3 atom stereocenters. The van der Waals surface area contributed by atoms with Crippen molar-refractivity contribution in [1.29, 1.82) is 0 Å². The maximum absolute atomic E-state index is 5.87. The maximum Gasteiger partial charge on any atom is 0.160 e. The third-order valence-electron chi connectivity index (χ3n) is 4.54. The van der Waals surface area contributed by atoms with E-state index in [0.29, 0.717) is 5.25 Å². The van der Waals surface area contributed by atoms with Crippen molar-refractivity contribution in [3.8, 4) is 5.75 Å². The molecule has 1 saturated heterocycles. The molecule has 1 aromatic carbocycles. The third kappa shape index (κ3) is 3.37. The first-order valence-corrected chi connectivity index (χ1v) is 10.6. The predicted octanol–water partition coefficient (Wildman–Crippen LogP) is 5.22. The Bertz CT molecular complexity index is 827. The lowest BCUT2D eigenvalue weighted by molar-refractivity contribution is 0.240. The summed E-state index contributed by atoms with van der Waals surface area (Å²) in [4.78, 5) is 12.0. The Morgan fingerprint density at radius 3 is 2.81 bits per heavy atom. The smallest absolute Gasteiger partial charge is 0.160 e. The first-order chi connectivity index (χ1) is 12.5. The monoisotopic (exact) mass is 431 g/mol. The molecular weight excluding hydrogens is 410 g/mol. The molecule has 0 N–H and O–H groups in total. The van der Waals surface area contributed by atoms with E-state index in [1.807, 2.05) is 43.9 Å². The average Bonchev–Trinajstić information content (AvgIpc) is 3.13. The lowest BCUT2D eigenvalue weighted by Crippen LogP contribution is -2.28. The Morgan fingerprint density at radius 1 is 1.27 bits per heavy atom. The molecule has 1 fully saturated rings. The third-order valence-corrected chi connectivity index (χ3v) is 6.26. The van der Waals surface area contributed by atoms with Gasteiger partial charge in [-0.25, -0.2) is 0 Å². The van der Waals surface area contributed by atoms with Gasteiger partial charge in [0.15, 0.2) is 5.17 Å². The van der Waals surface area contributed by atoms with E-state index in [2.05, 4.69) is 57.0 Å². The zero-order valence-corrected chi connectivity index (χ0v) is 17.5. The maximum atomic E-state index is 5.87. The molecule has 3 heterocycles. The van der Waals surface area contributed by atoms with Gasteiger partial charge < -0.3 is 9.64 Å². The fourth-order valence-electron chi connectivity index (χ4n) is 3.53. The van der Waals surface area contributed by atoms with Crippen molar-refractivity contribution in [2.45, 2.75) is 44.2 Å². The van der Waals surface area contributed by atoms with Crippen LogP contribution in [0.3, 0.4) is 0 Å². The second-order valence-electron chi connectivity index (χ2n) is 6.99. The molecule has 0 bridgehead atoms. The van der Waals surface area contributed by atoms with Crippen molar-refractivity contribution in [2.24, 2.45) is 4.99 Å². The number of aliphatic imine (C=N–C) groups is 1. The zero-order chi connectivity index (χ0) is 18.3. The molecule has 0 spiro atoms. The van der Waals surface area contributed by atoms with E-state index in [-0.39, 0.29) is 18.2 Å². The minimum atomic E-state index is 0.0231. The number of pyridine rings is 1. The van der Waals surface area contributed by atoms with Crippen LogP contribution in [0.15, 0.2) is 52.1 Å². The van der Waals surface area contributed by atoms with Crippen molar-refractivity contribution >= 4 is 32.9 Å². The van der Waals surface area contributed by atoms with Crippen molar-refractivity contribution in [1.82, 2.24) is 9.88 Å². The minimum Gasteiger partial charge on any atom is -0.490 e. The molecule has 2 aliphatic rings. The van der Waals surface area contributed by atoms with Crippen LogP contribution in [0.5, 0.6) is 5.75 Å². The Labute approximate surface area is 167 Å². The molecule has 1 aromatic heterocycles. The summed E-state index contributed by atoms with van der Waals surface area (Å²) in [7, 11) is 0. The molecule has 0 amide bonds. The van der Waals surface area contributed by atoms with Crippen LogP contribution in [0, 0.1) is 0 Å². The van der Waals surface area contributed by atoms with Gasteiger partial charge in [0.05, 0.1) is 22.3 Å². The van der Waals surface area contributed by atoms with Gasteiger partial charge in [-0.1, -0.05) is 30.8 Å². The molecule has 0 saturated carbocycles. The van der Waals surface area contributed by atoms with Crippen LogP contribution in [0.4, 0.5) is 0 Å². The van der Waals surface area contributed by atoms with E-state index >= 15 is 0 Å². The molecular formula is C20H22BrN3OS. The second kappa shape index (κ2) is 7.24. The standard InChI is InChI=1S/C20H22BrN3OS/c1-12(2)25-17-8-7-14(10-15(17)21)19-18(16-6-4-5-9-22-16)23-20-24(19)11-13(3)26-20/h4-10,12-13,18-19H,11H2,1-3H3/t13-,18-,19-/m0/s1. The molecule has 2 aromatic rings. The highest BCUT2D eigenvalue weighted by atomic mass is 79.9. The van der Waals surface area contributed by atoms with E-state index in [0.717, 1.165) is 27.6 Å². The Morgan fingerprint density at radius 2 is 2.12 bits per heavy atom. The van der Waals surface area contributed by atoms with Gasteiger partial charge in [0.25, 0.3) is 0 Å². The highest BCUT2D eigenvalue weighted by molar-refractivity contribution is 9.10. The van der Waals surface area contributed by atoms with Crippen LogP contribution >= 0.6 is 27.7 Å². The van der Waals surface area contributed by atoms with Gasteiger partial charge in [-0.15, -0.1) is 0 Å². The predicted molar refractivity (Wildman–Crippen MR) is 111 cm³/mol. The normalized spacial score (nSPS) is 24.7. The van der Waals surface area contributed by atoms with Gasteiger partial charge in [-0.2, -0.15) is 0 Å². The summed E-state index contributed by atoms with van der Waals surface area (Å²) in [5, 5.41) is 1.70. The van der Waals surface area contributed by atoms with E-state index in [1.54, 1.807) is 0 Å². The number of ether oxygens (including phenoxy) is 1. The van der Waals surface area contributed by atoms with Crippen molar-refractivity contribution in [3.05, 3.63) is 58.3 Å². The topological polar surface area (TPSA) is 37.7 Å². The number of hydrogen-bond donors (Lipinski definition) is 0. The Balaban J connectivity index is 1.71. The van der Waals surface area contributed by atoms with Crippen LogP contribution < -0.4 is 4.74 Å². The van der Waals surface area contributed by atoms with Gasteiger partial charge in [0.1, 0.15) is 11.8 Å². The van der Waals surface area contributed by atoms with Crippen LogP contribution in [-0.2, 0) is 0 Å². The Hall–Kier alpha value is -1.53. The van der Waals surface area contributed by atoms with Gasteiger partial charge in [-0.3, -0.25) is 9.98 Å². The minimum absolute atomic E-state index is 0.0231. The van der Waals surface area contributed by atoms with Gasteiger partial charge in [0, 0.05) is 18.0 Å².